The Kier molecular flexibility index (Phi) is 3.97. The number of fused-ring (bicyclic) bond motifs is 1. The molecule has 0 saturated heterocycles. The van der Waals surface area contributed by atoms with E-state index in [2.05, 4.69) is 30.2 Å². The van der Waals surface area contributed by atoms with Gasteiger partial charge in [0, 0.05) is 6.54 Å². The Morgan fingerprint density at radius 2 is 2.12 bits per heavy atom. The van der Waals surface area contributed by atoms with Crippen LogP contribution in [-0.4, -0.2) is 22.7 Å². The molecule has 0 amide bonds. The van der Waals surface area contributed by atoms with Gasteiger partial charge < -0.3 is 10.4 Å². The molecule has 17 heavy (non-hydrogen) atoms. The summed E-state index contributed by atoms with van der Waals surface area (Å²) in [5.41, 5.74) is 1.01. The molecule has 2 N–H and O–H groups in total. The summed E-state index contributed by atoms with van der Waals surface area (Å²) >= 11 is 1.62. The molecule has 0 radical (unpaired) electrons. The van der Waals surface area contributed by atoms with Gasteiger partial charge in [-0.2, -0.15) is 0 Å². The van der Waals surface area contributed by atoms with Gasteiger partial charge in [0.1, 0.15) is 0 Å². The van der Waals surface area contributed by atoms with Gasteiger partial charge in [0.25, 0.3) is 0 Å². The monoisotopic (exact) mass is 250 g/mol. The fourth-order valence-electron chi connectivity index (χ4n) is 1.78. The fourth-order valence-corrected chi connectivity index (χ4v) is 2.65. The third-order valence-corrected chi connectivity index (χ3v) is 3.52. The maximum atomic E-state index is 9.77. The molecule has 0 aliphatic carbocycles. The summed E-state index contributed by atoms with van der Waals surface area (Å²) in [7, 11) is 0. The van der Waals surface area contributed by atoms with Crippen LogP contribution >= 0.6 is 11.3 Å². The Morgan fingerprint density at radius 1 is 1.35 bits per heavy atom. The van der Waals surface area contributed by atoms with E-state index in [1.54, 1.807) is 11.3 Å². The maximum Gasteiger partial charge on any atom is 0.183 e. The van der Waals surface area contributed by atoms with Gasteiger partial charge in [0.15, 0.2) is 5.13 Å². The fraction of sp³-hybridized carbons (Fsp3) is 0.462. The van der Waals surface area contributed by atoms with Gasteiger partial charge in [0.05, 0.1) is 16.3 Å². The summed E-state index contributed by atoms with van der Waals surface area (Å²) in [5.74, 6) is 0.516. The van der Waals surface area contributed by atoms with E-state index in [1.165, 1.54) is 4.70 Å². The minimum Gasteiger partial charge on any atom is -0.391 e. The second-order valence-corrected chi connectivity index (χ2v) is 5.68. The molecule has 1 aromatic carbocycles. The highest BCUT2D eigenvalue weighted by Gasteiger charge is 2.08. The minimum absolute atomic E-state index is 0.304. The zero-order valence-electron chi connectivity index (χ0n) is 10.2. The molecule has 0 aliphatic heterocycles. The minimum atomic E-state index is -0.304. The van der Waals surface area contributed by atoms with Crippen molar-refractivity contribution in [2.75, 3.05) is 11.9 Å². The van der Waals surface area contributed by atoms with E-state index in [0.29, 0.717) is 12.5 Å². The van der Waals surface area contributed by atoms with Crippen LogP contribution in [0.25, 0.3) is 10.2 Å². The molecule has 0 spiro atoms. The number of hydrogen-bond acceptors (Lipinski definition) is 4. The third kappa shape index (κ3) is 3.41. The first-order valence-corrected chi connectivity index (χ1v) is 6.74. The van der Waals surface area contributed by atoms with Crippen molar-refractivity contribution < 1.29 is 5.11 Å². The van der Waals surface area contributed by atoms with Crippen molar-refractivity contribution in [2.45, 2.75) is 26.4 Å². The van der Waals surface area contributed by atoms with E-state index >= 15 is 0 Å². The Balaban J connectivity index is 1.95. The molecular formula is C13H18N2OS. The van der Waals surface area contributed by atoms with E-state index in [0.717, 1.165) is 17.1 Å². The number of nitrogens with one attached hydrogen (secondary N) is 1. The highest BCUT2D eigenvalue weighted by atomic mass is 32.1. The average Bonchev–Trinajstić information content (AvgIpc) is 2.68. The van der Waals surface area contributed by atoms with Crippen molar-refractivity contribution in [3.63, 3.8) is 0 Å². The molecule has 2 aromatic rings. The number of thiazole rings is 1. The number of rotatable bonds is 5. The predicted octanol–water partition coefficient (Wildman–Crippen LogP) is 3.12. The van der Waals surface area contributed by atoms with Crippen LogP contribution < -0.4 is 5.32 Å². The van der Waals surface area contributed by atoms with Crippen LogP contribution in [0.5, 0.6) is 0 Å². The van der Waals surface area contributed by atoms with Crippen LogP contribution in [0.2, 0.25) is 0 Å². The van der Waals surface area contributed by atoms with E-state index in [-0.39, 0.29) is 6.10 Å². The van der Waals surface area contributed by atoms with Crippen LogP contribution in [0, 0.1) is 5.92 Å². The lowest BCUT2D eigenvalue weighted by molar-refractivity contribution is 0.161. The zero-order valence-corrected chi connectivity index (χ0v) is 11.0. The van der Waals surface area contributed by atoms with Crippen molar-refractivity contribution in [2.24, 2.45) is 5.92 Å². The zero-order chi connectivity index (χ0) is 12.3. The number of para-hydroxylation sites is 1. The largest absolute Gasteiger partial charge is 0.391 e. The summed E-state index contributed by atoms with van der Waals surface area (Å²) in [5, 5.41) is 13.9. The second kappa shape index (κ2) is 5.47. The van der Waals surface area contributed by atoms with E-state index in [1.807, 2.05) is 18.2 Å². The first-order chi connectivity index (χ1) is 8.15. The number of nitrogens with zero attached hydrogens (tertiary/aromatic N) is 1. The van der Waals surface area contributed by atoms with Crippen molar-refractivity contribution in [3.8, 4) is 0 Å². The van der Waals surface area contributed by atoms with Crippen LogP contribution in [0.4, 0.5) is 5.13 Å². The highest BCUT2D eigenvalue weighted by molar-refractivity contribution is 7.22. The molecule has 0 bridgehead atoms. The number of aliphatic hydroxyl groups excluding tert-OH is 1. The van der Waals surface area contributed by atoms with Crippen LogP contribution in [0.15, 0.2) is 24.3 Å². The first-order valence-electron chi connectivity index (χ1n) is 5.92. The number of hydrogen-bond donors (Lipinski definition) is 2. The lowest BCUT2D eigenvalue weighted by atomic mass is 10.1. The van der Waals surface area contributed by atoms with Gasteiger partial charge in [-0.15, -0.1) is 0 Å². The standard InChI is InChI=1S/C13H18N2OS/c1-9(2)7-10(16)8-14-13-15-11-5-3-4-6-12(11)17-13/h3-6,9-10,16H,7-8H2,1-2H3,(H,14,15). The van der Waals surface area contributed by atoms with Crippen LogP contribution in [-0.2, 0) is 0 Å². The molecule has 1 aromatic heterocycles. The summed E-state index contributed by atoms with van der Waals surface area (Å²) in [6, 6.07) is 8.06. The van der Waals surface area contributed by atoms with Crippen molar-refractivity contribution in [1.29, 1.82) is 0 Å². The molecule has 1 unspecified atom stereocenters. The van der Waals surface area contributed by atoms with Gasteiger partial charge in [-0.1, -0.05) is 37.3 Å². The lowest BCUT2D eigenvalue weighted by Crippen LogP contribution is -2.21. The van der Waals surface area contributed by atoms with Crippen molar-refractivity contribution >= 4 is 26.7 Å². The van der Waals surface area contributed by atoms with E-state index in [9.17, 15) is 5.11 Å². The average molecular weight is 250 g/mol. The molecular weight excluding hydrogens is 232 g/mol. The first kappa shape index (κ1) is 12.3. The number of anilines is 1. The second-order valence-electron chi connectivity index (χ2n) is 4.65. The molecule has 0 saturated carbocycles. The van der Waals surface area contributed by atoms with Crippen LogP contribution in [0.3, 0.4) is 0 Å². The molecule has 92 valence electrons. The SMILES string of the molecule is CC(C)CC(O)CNc1nc2ccccc2s1. The number of benzene rings is 1. The Hall–Kier alpha value is -1.13. The van der Waals surface area contributed by atoms with Gasteiger partial charge in [-0.25, -0.2) is 4.98 Å². The van der Waals surface area contributed by atoms with E-state index < -0.39 is 0 Å². The molecule has 2 rings (SSSR count). The lowest BCUT2D eigenvalue weighted by Gasteiger charge is -2.12. The number of aliphatic hydroxyl groups is 1. The van der Waals surface area contributed by atoms with E-state index in [4.69, 9.17) is 0 Å². The smallest absolute Gasteiger partial charge is 0.183 e. The molecule has 1 heterocycles. The Labute approximate surface area is 106 Å². The van der Waals surface area contributed by atoms with Crippen molar-refractivity contribution in [3.05, 3.63) is 24.3 Å². The summed E-state index contributed by atoms with van der Waals surface area (Å²) < 4.78 is 1.17. The summed E-state index contributed by atoms with van der Waals surface area (Å²) in [4.78, 5) is 4.46. The summed E-state index contributed by atoms with van der Waals surface area (Å²) in [6.45, 7) is 4.79. The summed E-state index contributed by atoms with van der Waals surface area (Å²) in [6.07, 6.45) is 0.514. The van der Waals surface area contributed by atoms with Gasteiger partial charge >= 0.3 is 0 Å². The molecule has 1 atom stereocenters. The maximum absolute atomic E-state index is 9.77. The van der Waals surface area contributed by atoms with Crippen molar-refractivity contribution in [1.82, 2.24) is 4.98 Å². The normalized spacial score (nSPS) is 13.2. The Morgan fingerprint density at radius 3 is 2.82 bits per heavy atom. The predicted molar refractivity (Wildman–Crippen MR) is 73.6 cm³/mol. The quantitative estimate of drug-likeness (QED) is 0.857. The highest BCUT2D eigenvalue weighted by Crippen LogP contribution is 2.25. The number of aromatic nitrogens is 1. The topological polar surface area (TPSA) is 45.1 Å². The molecule has 4 heteroatoms. The molecule has 0 aliphatic rings. The van der Waals surface area contributed by atoms with Gasteiger partial charge in [-0.3, -0.25) is 0 Å². The van der Waals surface area contributed by atoms with Gasteiger partial charge in [0.2, 0.25) is 0 Å². The molecule has 0 fully saturated rings. The third-order valence-electron chi connectivity index (χ3n) is 2.53. The Bertz CT molecular complexity index is 448. The van der Waals surface area contributed by atoms with Gasteiger partial charge in [-0.05, 0) is 24.5 Å². The van der Waals surface area contributed by atoms with Crippen LogP contribution in [0.1, 0.15) is 20.3 Å². The molecule has 3 nitrogen and oxygen atoms in total.